The zero-order valence-corrected chi connectivity index (χ0v) is 27.2. The first kappa shape index (κ1) is 27.8. The highest BCUT2D eigenvalue weighted by Gasteiger charge is 2.11. The summed E-state index contributed by atoms with van der Waals surface area (Å²) in [6.07, 6.45) is 0. The lowest BCUT2D eigenvalue weighted by Crippen LogP contribution is -1.86. The number of halogens is 1. The Morgan fingerprint density at radius 2 is 0.702 bits per heavy atom. The van der Waals surface area contributed by atoms with E-state index in [-0.39, 0.29) is 0 Å². The molecule has 0 bridgehead atoms. The van der Waals surface area contributed by atoms with Gasteiger partial charge in [0.2, 0.25) is 0 Å². The molecular formula is C46H29Br. The van der Waals surface area contributed by atoms with Crippen LogP contribution in [0.15, 0.2) is 180 Å². The summed E-state index contributed by atoms with van der Waals surface area (Å²) in [4.78, 5) is 0. The Morgan fingerprint density at radius 3 is 1.28 bits per heavy atom. The molecule has 0 nitrogen and oxygen atoms in total. The molecule has 220 valence electrons. The molecule has 0 fully saturated rings. The van der Waals surface area contributed by atoms with Crippen LogP contribution in [0.4, 0.5) is 0 Å². The second-order valence-corrected chi connectivity index (χ2v) is 13.1. The maximum atomic E-state index is 3.93. The zero-order chi connectivity index (χ0) is 31.3. The topological polar surface area (TPSA) is 0 Å². The van der Waals surface area contributed by atoms with Crippen LogP contribution >= 0.6 is 15.9 Å². The Balaban J connectivity index is 1.04. The van der Waals surface area contributed by atoms with Crippen molar-refractivity contribution in [3.05, 3.63) is 180 Å². The van der Waals surface area contributed by atoms with Crippen molar-refractivity contribution in [1.29, 1.82) is 0 Å². The third-order valence-electron chi connectivity index (χ3n) is 9.54. The summed E-state index contributed by atoms with van der Waals surface area (Å²) in [5.41, 5.74) is 9.86. The fourth-order valence-corrected chi connectivity index (χ4v) is 7.69. The predicted octanol–water partition coefficient (Wildman–Crippen LogP) is 13.7. The molecule has 0 spiro atoms. The summed E-state index contributed by atoms with van der Waals surface area (Å²) in [6, 6.07) is 64.1. The van der Waals surface area contributed by atoms with Crippen molar-refractivity contribution in [2.45, 2.75) is 0 Å². The van der Waals surface area contributed by atoms with E-state index in [0.717, 1.165) is 4.47 Å². The van der Waals surface area contributed by atoms with Gasteiger partial charge in [-0.1, -0.05) is 174 Å². The van der Waals surface area contributed by atoms with Gasteiger partial charge in [0.25, 0.3) is 0 Å². The molecule has 1 heteroatoms. The molecule has 0 amide bonds. The third-order valence-corrected chi connectivity index (χ3v) is 10.2. The first-order valence-corrected chi connectivity index (χ1v) is 16.8. The van der Waals surface area contributed by atoms with Crippen LogP contribution in [-0.4, -0.2) is 0 Å². The molecule has 0 heterocycles. The van der Waals surface area contributed by atoms with E-state index in [1.54, 1.807) is 0 Å². The lowest BCUT2D eigenvalue weighted by molar-refractivity contribution is 1.61. The quantitative estimate of drug-likeness (QED) is 0.165. The normalized spacial score (nSPS) is 11.5. The van der Waals surface area contributed by atoms with E-state index in [9.17, 15) is 0 Å². The molecule has 0 atom stereocenters. The van der Waals surface area contributed by atoms with Gasteiger partial charge in [-0.3, -0.25) is 0 Å². The smallest absolute Gasteiger partial charge is 0.0260 e. The molecule has 9 rings (SSSR count). The highest BCUT2D eigenvalue weighted by Crippen LogP contribution is 2.38. The fraction of sp³-hybridized carbons (Fsp3) is 0. The average Bonchev–Trinajstić information content (AvgIpc) is 3.14. The van der Waals surface area contributed by atoms with Crippen LogP contribution in [0.1, 0.15) is 0 Å². The average molecular weight is 662 g/mol. The molecule has 47 heavy (non-hydrogen) atoms. The molecule has 0 aliphatic rings. The van der Waals surface area contributed by atoms with Crippen molar-refractivity contribution < 1.29 is 0 Å². The van der Waals surface area contributed by atoms with Gasteiger partial charge in [-0.25, -0.2) is 0 Å². The molecule has 0 radical (unpaired) electrons. The molecule has 9 aromatic rings. The minimum absolute atomic E-state index is 1.11. The summed E-state index contributed by atoms with van der Waals surface area (Å²) in [5.74, 6) is 0. The van der Waals surface area contributed by atoms with Gasteiger partial charge in [0.1, 0.15) is 0 Å². The maximum Gasteiger partial charge on any atom is 0.0260 e. The second-order valence-electron chi connectivity index (χ2n) is 12.3. The van der Waals surface area contributed by atoms with Crippen molar-refractivity contribution in [3.63, 3.8) is 0 Å². The summed E-state index contributed by atoms with van der Waals surface area (Å²) >= 11 is 3.93. The van der Waals surface area contributed by atoms with Crippen LogP contribution in [0, 0.1) is 0 Å². The van der Waals surface area contributed by atoms with E-state index in [0.29, 0.717) is 0 Å². The molecule has 0 unspecified atom stereocenters. The highest BCUT2D eigenvalue weighted by molar-refractivity contribution is 9.10. The summed E-state index contributed by atoms with van der Waals surface area (Å²) in [6.45, 7) is 0. The van der Waals surface area contributed by atoms with Crippen molar-refractivity contribution >= 4 is 59.0 Å². The fourth-order valence-electron chi connectivity index (χ4n) is 7.12. The molecule has 0 aliphatic heterocycles. The van der Waals surface area contributed by atoms with Crippen molar-refractivity contribution in [3.8, 4) is 44.5 Å². The minimum atomic E-state index is 1.11. The predicted molar refractivity (Wildman–Crippen MR) is 206 cm³/mol. The first-order chi connectivity index (χ1) is 23.2. The van der Waals surface area contributed by atoms with Gasteiger partial charge >= 0.3 is 0 Å². The van der Waals surface area contributed by atoms with Crippen LogP contribution in [0.3, 0.4) is 0 Å². The van der Waals surface area contributed by atoms with Gasteiger partial charge in [0.05, 0.1) is 0 Å². The van der Waals surface area contributed by atoms with Crippen molar-refractivity contribution in [2.24, 2.45) is 0 Å². The van der Waals surface area contributed by atoms with E-state index in [4.69, 9.17) is 0 Å². The molecule has 0 aromatic heterocycles. The van der Waals surface area contributed by atoms with Crippen LogP contribution in [-0.2, 0) is 0 Å². The zero-order valence-electron chi connectivity index (χ0n) is 25.6. The number of benzene rings is 9. The monoisotopic (exact) mass is 660 g/mol. The minimum Gasteiger partial charge on any atom is -0.0616 e. The molecule has 0 N–H and O–H groups in total. The molecule has 9 aromatic carbocycles. The summed E-state index contributed by atoms with van der Waals surface area (Å²) in [7, 11) is 0. The number of hydrogen-bond acceptors (Lipinski definition) is 0. The van der Waals surface area contributed by atoms with Gasteiger partial charge in [-0.2, -0.15) is 0 Å². The maximum absolute atomic E-state index is 3.93. The largest absolute Gasteiger partial charge is 0.0616 e. The molecule has 0 aliphatic carbocycles. The number of hydrogen-bond donors (Lipinski definition) is 0. The Morgan fingerprint density at radius 1 is 0.255 bits per heavy atom. The standard InChI is InChI=1S/C46H29Br/c47-46-29-38-27-36(30-15-19-34(20-16-30)41-13-5-9-32-7-1-3-11-39(32)41)23-25-43(38)44-26-24-37(28-45(44)46)31-17-21-35(22-18-31)42-14-6-10-33-8-2-4-12-40(33)42/h1-29H. The lowest BCUT2D eigenvalue weighted by atomic mass is 9.93. The summed E-state index contributed by atoms with van der Waals surface area (Å²) < 4.78 is 1.11. The Hall–Kier alpha value is -5.50. The van der Waals surface area contributed by atoms with Crippen LogP contribution in [0.25, 0.3) is 87.6 Å². The van der Waals surface area contributed by atoms with E-state index in [2.05, 4.69) is 192 Å². The van der Waals surface area contributed by atoms with Crippen LogP contribution < -0.4 is 0 Å². The van der Waals surface area contributed by atoms with Gasteiger partial charge in [0, 0.05) is 4.47 Å². The molecular weight excluding hydrogens is 632 g/mol. The van der Waals surface area contributed by atoms with E-state index in [1.165, 1.54) is 87.6 Å². The summed E-state index contributed by atoms with van der Waals surface area (Å²) in [5, 5.41) is 10.1. The number of rotatable bonds is 4. The SMILES string of the molecule is Brc1cc2cc(-c3ccc(-c4cccc5ccccc45)cc3)ccc2c2ccc(-c3ccc(-c4cccc5ccccc45)cc3)cc12. The Kier molecular flexibility index (Phi) is 6.73. The number of fused-ring (bicyclic) bond motifs is 5. The first-order valence-electron chi connectivity index (χ1n) is 16.0. The highest BCUT2D eigenvalue weighted by atomic mass is 79.9. The van der Waals surface area contributed by atoms with Gasteiger partial charge < -0.3 is 0 Å². The van der Waals surface area contributed by atoms with Crippen molar-refractivity contribution in [1.82, 2.24) is 0 Å². The molecule has 0 saturated heterocycles. The molecule has 0 saturated carbocycles. The van der Waals surface area contributed by atoms with Gasteiger partial charge in [0.15, 0.2) is 0 Å². The Labute approximate surface area is 282 Å². The van der Waals surface area contributed by atoms with Crippen LogP contribution in [0.2, 0.25) is 0 Å². The van der Waals surface area contributed by atoms with Gasteiger partial charge in [-0.15, -0.1) is 0 Å². The second kappa shape index (κ2) is 11.4. The Bertz CT molecular complexity index is 2600. The van der Waals surface area contributed by atoms with Crippen LogP contribution in [0.5, 0.6) is 0 Å². The van der Waals surface area contributed by atoms with E-state index >= 15 is 0 Å². The van der Waals surface area contributed by atoms with E-state index < -0.39 is 0 Å². The van der Waals surface area contributed by atoms with E-state index in [1.807, 2.05) is 0 Å². The van der Waals surface area contributed by atoms with Crippen molar-refractivity contribution in [2.75, 3.05) is 0 Å². The van der Waals surface area contributed by atoms with Gasteiger partial charge in [-0.05, 0) is 106 Å². The lowest BCUT2D eigenvalue weighted by Gasteiger charge is -2.12. The third kappa shape index (κ3) is 4.92.